The van der Waals surface area contributed by atoms with E-state index in [1.807, 2.05) is 19.1 Å². The number of hydrogen-bond acceptors (Lipinski definition) is 5. The molecule has 0 radical (unpaired) electrons. The predicted molar refractivity (Wildman–Crippen MR) is 93.0 cm³/mol. The summed E-state index contributed by atoms with van der Waals surface area (Å²) >= 11 is 0. The van der Waals surface area contributed by atoms with Crippen molar-refractivity contribution in [1.29, 1.82) is 0 Å². The lowest BCUT2D eigenvalue weighted by Crippen LogP contribution is -2.49. The van der Waals surface area contributed by atoms with Crippen molar-refractivity contribution in [3.8, 4) is 5.75 Å². The van der Waals surface area contributed by atoms with Gasteiger partial charge < -0.3 is 15.0 Å². The first-order valence-corrected chi connectivity index (χ1v) is 9.90. The number of ether oxygens (including phenoxy) is 1. The van der Waals surface area contributed by atoms with Crippen LogP contribution in [0.2, 0.25) is 0 Å². The first kappa shape index (κ1) is 17.0. The quantitative estimate of drug-likeness (QED) is 0.862. The maximum absolute atomic E-state index is 12.3. The summed E-state index contributed by atoms with van der Waals surface area (Å²) in [5.74, 6) is 0.727. The minimum Gasteiger partial charge on any atom is -0.479 e. The molecule has 1 N–H and O–H groups in total. The summed E-state index contributed by atoms with van der Waals surface area (Å²) in [6.45, 7) is 4.17. The molecule has 0 atom stereocenters. The second-order valence-electron chi connectivity index (χ2n) is 6.05. The van der Waals surface area contributed by atoms with E-state index < -0.39 is 10.0 Å². The summed E-state index contributed by atoms with van der Waals surface area (Å²) in [6.07, 6.45) is 1.57. The lowest BCUT2D eigenvalue weighted by molar-refractivity contribution is -0.118. The zero-order valence-corrected chi connectivity index (χ0v) is 14.6. The maximum atomic E-state index is 12.3. The first-order chi connectivity index (χ1) is 11.5. The molecule has 2 heterocycles. The highest BCUT2D eigenvalue weighted by Crippen LogP contribution is 2.38. The SMILES string of the molecule is CCCCS(=O)(=O)N1CCN(c2cccc3c2OCC(=O)N3)CC1. The Labute approximate surface area is 142 Å². The second-order valence-corrected chi connectivity index (χ2v) is 8.13. The molecule has 1 aromatic carbocycles. The van der Waals surface area contributed by atoms with Gasteiger partial charge in [-0.25, -0.2) is 8.42 Å². The minimum absolute atomic E-state index is 0.00930. The van der Waals surface area contributed by atoms with E-state index >= 15 is 0 Å². The van der Waals surface area contributed by atoms with E-state index in [2.05, 4.69) is 10.2 Å². The number of hydrogen-bond donors (Lipinski definition) is 1. The van der Waals surface area contributed by atoms with E-state index in [1.165, 1.54) is 0 Å². The minimum atomic E-state index is -3.16. The van der Waals surface area contributed by atoms with Crippen molar-refractivity contribution in [3.63, 3.8) is 0 Å². The number of para-hydroxylation sites is 1. The highest BCUT2D eigenvalue weighted by Gasteiger charge is 2.29. The molecule has 0 unspecified atom stereocenters. The van der Waals surface area contributed by atoms with Crippen LogP contribution in [0.25, 0.3) is 0 Å². The molecule has 7 nitrogen and oxygen atoms in total. The van der Waals surface area contributed by atoms with Gasteiger partial charge in [-0.3, -0.25) is 4.79 Å². The van der Waals surface area contributed by atoms with Gasteiger partial charge >= 0.3 is 0 Å². The zero-order chi connectivity index (χ0) is 17.2. The van der Waals surface area contributed by atoms with Crippen LogP contribution in [0.3, 0.4) is 0 Å². The van der Waals surface area contributed by atoms with Crippen LogP contribution in [-0.2, 0) is 14.8 Å². The highest BCUT2D eigenvalue weighted by atomic mass is 32.2. The summed E-state index contributed by atoms with van der Waals surface area (Å²) in [7, 11) is -3.16. The van der Waals surface area contributed by atoms with E-state index in [9.17, 15) is 13.2 Å². The van der Waals surface area contributed by atoms with Crippen molar-refractivity contribution in [3.05, 3.63) is 18.2 Å². The number of nitrogens with zero attached hydrogens (tertiary/aromatic N) is 2. The molecule has 8 heteroatoms. The van der Waals surface area contributed by atoms with E-state index in [-0.39, 0.29) is 18.3 Å². The molecule has 1 saturated heterocycles. The molecule has 0 bridgehead atoms. The number of anilines is 2. The summed E-state index contributed by atoms with van der Waals surface area (Å²) < 4.78 is 31.7. The predicted octanol–water partition coefficient (Wildman–Crippen LogP) is 1.27. The monoisotopic (exact) mass is 353 g/mol. The summed E-state index contributed by atoms with van der Waals surface area (Å²) in [5.41, 5.74) is 1.57. The van der Waals surface area contributed by atoms with Crippen molar-refractivity contribution >= 4 is 27.3 Å². The number of sulfonamides is 1. The molecule has 24 heavy (non-hydrogen) atoms. The van der Waals surface area contributed by atoms with Crippen LogP contribution in [0.15, 0.2) is 18.2 Å². The van der Waals surface area contributed by atoms with Crippen LogP contribution < -0.4 is 15.0 Å². The molecule has 2 aliphatic rings. The number of carbonyl (C=O) groups excluding carboxylic acids is 1. The molecule has 1 fully saturated rings. The largest absolute Gasteiger partial charge is 0.479 e. The molecule has 2 aliphatic heterocycles. The van der Waals surface area contributed by atoms with Gasteiger partial charge in [0, 0.05) is 26.2 Å². The number of rotatable bonds is 5. The van der Waals surface area contributed by atoms with Gasteiger partial charge in [0.05, 0.1) is 17.1 Å². The summed E-state index contributed by atoms with van der Waals surface area (Å²) in [5, 5.41) is 2.80. The fourth-order valence-corrected chi connectivity index (χ4v) is 4.64. The van der Waals surface area contributed by atoms with Crippen LogP contribution in [-0.4, -0.2) is 57.2 Å². The topological polar surface area (TPSA) is 79.0 Å². The van der Waals surface area contributed by atoms with Crippen molar-refractivity contribution in [2.45, 2.75) is 19.8 Å². The van der Waals surface area contributed by atoms with Gasteiger partial charge in [-0.15, -0.1) is 0 Å². The van der Waals surface area contributed by atoms with Crippen LogP contribution in [0, 0.1) is 0 Å². The van der Waals surface area contributed by atoms with Crippen molar-refractivity contribution < 1.29 is 17.9 Å². The number of unbranched alkanes of at least 4 members (excludes halogenated alkanes) is 1. The molecule has 0 aliphatic carbocycles. The lowest BCUT2D eigenvalue weighted by Gasteiger charge is -2.36. The van der Waals surface area contributed by atoms with E-state index in [0.717, 1.165) is 12.1 Å². The van der Waals surface area contributed by atoms with Crippen LogP contribution in [0.5, 0.6) is 5.75 Å². The zero-order valence-electron chi connectivity index (χ0n) is 13.8. The highest BCUT2D eigenvalue weighted by molar-refractivity contribution is 7.89. The van der Waals surface area contributed by atoms with Crippen LogP contribution in [0.1, 0.15) is 19.8 Å². The number of nitrogens with one attached hydrogen (secondary N) is 1. The van der Waals surface area contributed by atoms with Gasteiger partial charge in [0.2, 0.25) is 10.0 Å². The fourth-order valence-electron chi connectivity index (χ4n) is 3.01. The molecular weight excluding hydrogens is 330 g/mol. The van der Waals surface area contributed by atoms with Crippen molar-refractivity contribution in [2.75, 3.05) is 48.8 Å². The average Bonchev–Trinajstić information content (AvgIpc) is 2.59. The van der Waals surface area contributed by atoms with Gasteiger partial charge in [-0.1, -0.05) is 19.4 Å². The fraction of sp³-hybridized carbons (Fsp3) is 0.562. The van der Waals surface area contributed by atoms with Gasteiger partial charge in [0.1, 0.15) is 0 Å². The molecule has 0 aromatic heterocycles. The maximum Gasteiger partial charge on any atom is 0.262 e. The van der Waals surface area contributed by atoms with Gasteiger partial charge in [0.15, 0.2) is 12.4 Å². The van der Waals surface area contributed by atoms with Crippen LogP contribution in [0.4, 0.5) is 11.4 Å². The number of amides is 1. The third kappa shape index (κ3) is 3.49. The Morgan fingerprint density at radius 1 is 1.21 bits per heavy atom. The normalized spacial score (nSPS) is 18.7. The molecule has 132 valence electrons. The number of fused-ring (bicyclic) bond motifs is 1. The van der Waals surface area contributed by atoms with Gasteiger partial charge in [0.25, 0.3) is 5.91 Å². The number of benzene rings is 1. The smallest absolute Gasteiger partial charge is 0.262 e. The molecule has 0 spiro atoms. The average molecular weight is 353 g/mol. The summed E-state index contributed by atoms with van der Waals surface area (Å²) in [4.78, 5) is 13.5. The molecule has 1 aromatic rings. The molecule has 1 amide bonds. The van der Waals surface area contributed by atoms with Gasteiger partial charge in [-0.05, 0) is 18.6 Å². The Hall–Kier alpha value is -1.80. The molecular formula is C16H23N3O4S. The Bertz CT molecular complexity index is 712. The van der Waals surface area contributed by atoms with E-state index in [0.29, 0.717) is 44.0 Å². The molecule has 0 saturated carbocycles. The summed E-state index contributed by atoms with van der Waals surface area (Å²) in [6, 6.07) is 5.62. The standard InChI is InChI=1S/C16H23N3O4S/c1-2-3-11-24(21,22)19-9-7-18(8-10-19)14-6-4-5-13-16(14)23-12-15(20)17-13/h4-6H,2-3,7-12H2,1H3,(H,17,20). The number of carbonyl (C=O) groups is 1. The second kappa shape index (κ2) is 6.98. The Kier molecular flexibility index (Phi) is 4.96. The van der Waals surface area contributed by atoms with Gasteiger partial charge in [-0.2, -0.15) is 4.31 Å². The Morgan fingerprint density at radius 2 is 1.96 bits per heavy atom. The Balaban J connectivity index is 1.70. The third-order valence-corrected chi connectivity index (χ3v) is 6.30. The van der Waals surface area contributed by atoms with Crippen molar-refractivity contribution in [2.24, 2.45) is 0 Å². The Morgan fingerprint density at radius 3 is 2.67 bits per heavy atom. The molecule has 3 rings (SSSR count). The van der Waals surface area contributed by atoms with E-state index in [1.54, 1.807) is 10.4 Å². The lowest BCUT2D eigenvalue weighted by atomic mass is 10.2. The first-order valence-electron chi connectivity index (χ1n) is 8.29. The van der Waals surface area contributed by atoms with Crippen molar-refractivity contribution in [1.82, 2.24) is 4.31 Å². The number of piperazine rings is 1. The third-order valence-electron chi connectivity index (χ3n) is 4.34. The van der Waals surface area contributed by atoms with Crippen LogP contribution >= 0.6 is 0 Å². The van der Waals surface area contributed by atoms with E-state index in [4.69, 9.17) is 4.74 Å².